The predicted octanol–water partition coefficient (Wildman–Crippen LogP) is 2.81. The molecular weight excluding hydrogens is 366 g/mol. The first-order valence-electron chi connectivity index (χ1n) is 10.3. The van der Waals surface area contributed by atoms with Crippen LogP contribution in [0.5, 0.6) is 0 Å². The molecule has 4 rings (SSSR count). The van der Waals surface area contributed by atoms with Gasteiger partial charge in [-0.05, 0) is 43.4 Å². The van der Waals surface area contributed by atoms with Crippen molar-refractivity contribution in [2.45, 2.75) is 31.6 Å². The number of nitrogens with zero attached hydrogens (tertiary/aromatic N) is 1. The number of thiazole rings is 1. The van der Waals surface area contributed by atoms with Crippen molar-refractivity contribution in [3.05, 3.63) is 65.2 Å². The van der Waals surface area contributed by atoms with Crippen LogP contribution in [-0.2, 0) is 11.2 Å². The molecule has 2 aromatic carbocycles. The maximum atomic E-state index is 12.4. The zero-order chi connectivity index (χ0) is 19.2. The van der Waals surface area contributed by atoms with E-state index in [-0.39, 0.29) is 5.91 Å². The van der Waals surface area contributed by atoms with E-state index in [2.05, 4.69) is 47.8 Å². The van der Waals surface area contributed by atoms with Crippen molar-refractivity contribution in [1.29, 1.82) is 0 Å². The monoisotopic (exact) mass is 394 g/mol. The van der Waals surface area contributed by atoms with Gasteiger partial charge in [0.25, 0.3) is 5.91 Å². The van der Waals surface area contributed by atoms with Crippen LogP contribution in [0.25, 0.3) is 10.2 Å². The Kier molecular flexibility index (Phi) is 6.34. The molecule has 0 aliphatic carbocycles. The highest BCUT2D eigenvalue weighted by Crippen LogP contribution is 2.30. The smallest absolute Gasteiger partial charge is 0.275 e. The van der Waals surface area contributed by atoms with Crippen molar-refractivity contribution in [2.24, 2.45) is 0 Å². The summed E-state index contributed by atoms with van der Waals surface area (Å²) in [6.07, 6.45) is 4.34. The molecule has 1 saturated heterocycles. The summed E-state index contributed by atoms with van der Waals surface area (Å²) < 4.78 is 1.26. The van der Waals surface area contributed by atoms with Crippen LogP contribution in [0.4, 0.5) is 0 Å². The second kappa shape index (κ2) is 9.30. The second-order valence-corrected chi connectivity index (χ2v) is 8.74. The first-order chi connectivity index (χ1) is 13.8. The predicted molar refractivity (Wildman–Crippen MR) is 115 cm³/mol. The molecule has 2 N–H and O–H groups in total. The lowest BCUT2D eigenvalue weighted by atomic mass is 9.99. The Morgan fingerprint density at radius 3 is 2.82 bits per heavy atom. The number of amides is 1. The molecule has 1 fully saturated rings. The lowest BCUT2D eigenvalue weighted by Crippen LogP contribution is -3.14. The molecule has 0 spiro atoms. The molecule has 2 atom stereocenters. The number of piperidine rings is 1. The second-order valence-electron chi connectivity index (χ2n) is 7.68. The average Bonchev–Trinajstić information content (AvgIpc) is 3.17. The number of likely N-dealkylation sites (tertiary alicyclic amines) is 1. The van der Waals surface area contributed by atoms with Crippen LogP contribution in [0.2, 0.25) is 0 Å². The van der Waals surface area contributed by atoms with Gasteiger partial charge in [-0.25, -0.2) is 4.98 Å². The van der Waals surface area contributed by atoms with E-state index in [9.17, 15) is 4.79 Å². The standard InChI is InChI=1S/C23H27N3OS/c27-22(24-14-6-10-18-8-2-1-3-9-18)17-26-15-7-11-19(16-26)23-25-20-12-4-5-13-21(20)28-23/h1-5,8-9,12-13,19H,6-7,10-11,14-17H2,(H,24,27)/p+1/t19-/m0/s1. The van der Waals surface area contributed by atoms with Gasteiger partial charge in [-0.3, -0.25) is 4.79 Å². The van der Waals surface area contributed by atoms with Gasteiger partial charge in [-0.1, -0.05) is 42.5 Å². The van der Waals surface area contributed by atoms with E-state index < -0.39 is 0 Å². The summed E-state index contributed by atoms with van der Waals surface area (Å²) in [5.74, 6) is 0.653. The number of carbonyl (C=O) groups is 1. The van der Waals surface area contributed by atoms with Gasteiger partial charge in [-0.15, -0.1) is 11.3 Å². The molecule has 4 nitrogen and oxygen atoms in total. The molecule has 1 aliphatic heterocycles. The van der Waals surface area contributed by atoms with E-state index >= 15 is 0 Å². The van der Waals surface area contributed by atoms with Crippen molar-refractivity contribution in [3.63, 3.8) is 0 Å². The van der Waals surface area contributed by atoms with Crippen molar-refractivity contribution < 1.29 is 9.69 Å². The summed E-state index contributed by atoms with van der Waals surface area (Å²) in [4.78, 5) is 18.6. The van der Waals surface area contributed by atoms with Gasteiger partial charge in [-0.2, -0.15) is 0 Å². The third-order valence-corrected chi connectivity index (χ3v) is 6.69. The number of para-hydroxylation sites is 1. The number of aryl methyl sites for hydroxylation is 1. The number of benzene rings is 2. The summed E-state index contributed by atoms with van der Waals surface area (Å²) >= 11 is 1.81. The highest BCUT2D eigenvalue weighted by Gasteiger charge is 2.28. The topological polar surface area (TPSA) is 46.4 Å². The van der Waals surface area contributed by atoms with E-state index in [1.165, 1.54) is 26.6 Å². The Hall–Kier alpha value is -2.24. The van der Waals surface area contributed by atoms with Crippen LogP contribution in [0.3, 0.4) is 0 Å². The number of hydrogen-bond donors (Lipinski definition) is 2. The van der Waals surface area contributed by atoms with Crippen LogP contribution in [0.1, 0.15) is 35.8 Å². The molecule has 28 heavy (non-hydrogen) atoms. The minimum Gasteiger partial charge on any atom is -0.351 e. The Balaban J connectivity index is 1.23. The number of fused-ring (bicyclic) bond motifs is 1. The average molecular weight is 395 g/mol. The number of carbonyl (C=O) groups excluding carboxylic acids is 1. The lowest BCUT2D eigenvalue weighted by molar-refractivity contribution is -0.898. The van der Waals surface area contributed by atoms with Crippen LogP contribution < -0.4 is 10.2 Å². The van der Waals surface area contributed by atoms with Crippen molar-refractivity contribution >= 4 is 27.5 Å². The molecule has 146 valence electrons. The van der Waals surface area contributed by atoms with Gasteiger partial charge in [0.15, 0.2) is 6.54 Å². The molecule has 1 amide bonds. The fourth-order valence-corrected chi connectivity index (χ4v) is 5.14. The molecule has 5 heteroatoms. The van der Waals surface area contributed by atoms with Gasteiger partial charge in [0.05, 0.1) is 29.2 Å². The Morgan fingerprint density at radius 2 is 1.96 bits per heavy atom. The van der Waals surface area contributed by atoms with E-state index in [4.69, 9.17) is 4.98 Å². The van der Waals surface area contributed by atoms with Crippen molar-refractivity contribution in [1.82, 2.24) is 10.3 Å². The first-order valence-corrected chi connectivity index (χ1v) is 11.1. The van der Waals surface area contributed by atoms with Gasteiger partial charge in [0.1, 0.15) is 5.01 Å². The quantitative estimate of drug-likeness (QED) is 0.606. The largest absolute Gasteiger partial charge is 0.351 e. The Bertz CT molecular complexity index is 875. The van der Waals surface area contributed by atoms with Crippen molar-refractivity contribution in [2.75, 3.05) is 26.2 Å². The lowest BCUT2D eigenvalue weighted by Gasteiger charge is -2.28. The Labute approximate surface area is 170 Å². The normalized spacial score (nSPS) is 19.6. The van der Waals surface area contributed by atoms with E-state index in [1.54, 1.807) is 0 Å². The molecule has 2 heterocycles. The molecule has 0 radical (unpaired) electrons. The summed E-state index contributed by atoms with van der Waals surface area (Å²) in [5.41, 5.74) is 2.43. The van der Waals surface area contributed by atoms with Gasteiger partial charge in [0, 0.05) is 6.54 Å². The summed E-state index contributed by atoms with van der Waals surface area (Å²) in [5, 5.41) is 4.34. The number of aromatic nitrogens is 1. The summed E-state index contributed by atoms with van der Waals surface area (Å²) in [6, 6.07) is 18.8. The summed E-state index contributed by atoms with van der Waals surface area (Å²) in [7, 11) is 0. The zero-order valence-corrected chi connectivity index (χ0v) is 17.0. The van der Waals surface area contributed by atoms with Gasteiger partial charge >= 0.3 is 0 Å². The Morgan fingerprint density at radius 1 is 1.14 bits per heavy atom. The third kappa shape index (κ3) is 4.97. The van der Waals surface area contributed by atoms with Crippen LogP contribution in [0, 0.1) is 0 Å². The van der Waals surface area contributed by atoms with Gasteiger partial charge < -0.3 is 10.2 Å². The van der Waals surface area contributed by atoms with Crippen molar-refractivity contribution in [3.8, 4) is 0 Å². The first kappa shape index (κ1) is 19.1. The van der Waals surface area contributed by atoms with Crippen LogP contribution >= 0.6 is 11.3 Å². The molecule has 3 aromatic rings. The molecule has 1 aliphatic rings. The zero-order valence-electron chi connectivity index (χ0n) is 16.2. The maximum Gasteiger partial charge on any atom is 0.275 e. The number of nitrogens with one attached hydrogen (secondary N) is 2. The third-order valence-electron chi connectivity index (χ3n) is 5.50. The minimum atomic E-state index is 0.174. The van der Waals surface area contributed by atoms with E-state index in [0.717, 1.165) is 44.4 Å². The van der Waals surface area contributed by atoms with Gasteiger partial charge in [0.2, 0.25) is 0 Å². The van der Waals surface area contributed by atoms with E-state index in [0.29, 0.717) is 12.5 Å². The minimum absolute atomic E-state index is 0.174. The fourth-order valence-electron chi connectivity index (χ4n) is 4.04. The number of hydrogen-bond acceptors (Lipinski definition) is 3. The van der Waals surface area contributed by atoms with E-state index in [1.807, 2.05) is 23.5 Å². The molecule has 1 unspecified atom stereocenters. The maximum absolute atomic E-state index is 12.4. The SMILES string of the molecule is O=C(C[NH+]1CCC[C@H](c2nc3ccccc3s2)C1)NCCCc1ccccc1. The molecule has 1 aromatic heterocycles. The fraction of sp³-hybridized carbons (Fsp3) is 0.391. The summed E-state index contributed by atoms with van der Waals surface area (Å²) in [6.45, 7) is 3.42. The highest BCUT2D eigenvalue weighted by molar-refractivity contribution is 7.18. The van der Waals surface area contributed by atoms with Crippen LogP contribution in [0.15, 0.2) is 54.6 Å². The molecular formula is C23H28N3OS+. The van der Waals surface area contributed by atoms with Crippen LogP contribution in [-0.4, -0.2) is 37.1 Å². The molecule has 0 saturated carbocycles. The number of rotatable bonds is 7. The highest BCUT2D eigenvalue weighted by atomic mass is 32.1. The number of quaternary nitrogens is 1. The molecule has 0 bridgehead atoms.